The van der Waals surface area contributed by atoms with Crippen LogP contribution in [-0.4, -0.2) is 21.9 Å². The molecule has 20 heavy (non-hydrogen) atoms. The average molecular weight is 273 g/mol. The smallest absolute Gasteiger partial charge is 0.359 e. The van der Waals surface area contributed by atoms with Crippen molar-refractivity contribution in [3.63, 3.8) is 0 Å². The summed E-state index contributed by atoms with van der Waals surface area (Å²) in [5.74, 6) is -0.389. The number of rotatable bonds is 5. The van der Waals surface area contributed by atoms with Crippen molar-refractivity contribution in [1.29, 1.82) is 0 Å². The lowest BCUT2D eigenvalue weighted by molar-refractivity contribution is 0.0316. The van der Waals surface area contributed by atoms with Crippen molar-refractivity contribution in [2.75, 3.05) is 5.73 Å². The molecule has 0 amide bonds. The predicted octanol–water partition coefficient (Wildman–Crippen LogP) is 2.80. The summed E-state index contributed by atoms with van der Waals surface area (Å²) >= 11 is 0. The number of carbonyl (C=O) groups excluding carboxylic acids is 1. The lowest BCUT2D eigenvalue weighted by Crippen LogP contribution is -2.15. The van der Waals surface area contributed by atoms with Crippen LogP contribution in [0.3, 0.4) is 0 Å². The Bertz CT molecular complexity index is 575. The van der Waals surface area contributed by atoms with Crippen LogP contribution in [0.25, 0.3) is 5.69 Å². The van der Waals surface area contributed by atoms with Gasteiger partial charge in [-0.3, -0.25) is 0 Å². The molecule has 1 aromatic carbocycles. The molecule has 0 saturated heterocycles. The molecule has 5 heteroatoms. The molecular weight excluding hydrogens is 254 g/mol. The minimum Gasteiger partial charge on any atom is -0.458 e. The fourth-order valence-corrected chi connectivity index (χ4v) is 1.91. The topological polar surface area (TPSA) is 70.1 Å². The van der Waals surface area contributed by atoms with Gasteiger partial charge >= 0.3 is 5.97 Å². The fourth-order valence-electron chi connectivity index (χ4n) is 1.91. The molecule has 1 aromatic heterocycles. The zero-order valence-electron chi connectivity index (χ0n) is 11.7. The third-order valence-corrected chi connectivity index (χ3v) is 2.96. The van der Waals surface area contributed by atoms with Gasteiger partial charge in [0.2, 0.25) is 0 Å². The number of hydrogen-bond donors (Lipinski definition) is 1. The Balaban J connectivity index is 2.08. The maximum Gasteiger partial charge on any atom is 0.359 e. The number of nitrogen functional groups attached to an aromatic ring is 1. The summed E-state index contributed by atoms with van der Waals surface area (Å²) in [5.41, 5.74) is 7.48. The second kappa shape index (κ2) is 6.23. The molecule has 2 N–H and O–H groups in total. The molecule has 0 aliphatic carbocycles. The van der Waals surface area contributed by atoms with E-state index in [4.69, 9.17) is 10.5 Å². The monoisotopic (exact) mass is 273 g/mol. The zero-order valence-corrected chi connectivity index (χ0v) is 11.7. The Morgan fingerprint density at radius 1 is 1.35 bits per heavy atom. The molecule has 0 bridgehead atoms. The first-order chi connectivity index (χ1) is 9.60. The van der Waals surface area contributed by atoms with Crippen molar-refractivity contribution in [2.45, 2.75) is 32.8 Å². The first-order valence-electron chi connectivity index (χ1n) is 6.72. The number of carbonyl (C=O) groups is 1. The maximum absolute atomic E-state index is 11.9. The predicted molar refractivity (Wildman–Crippen MR) is 77.8 cm³/mol. The summed E-state index contributed by atoms with van der Waals surface area (Å²) in [6.07, 6.45) is 3.47. The highest BCUT2D eigenvalue weighted by atomic mass is 16.5. The molecule has 0 aliphatic rings. The average Bonchev–Trinajstić information content (AvgIpc) is 2.89. The van der Waals surface area contributed by atoms with Crippen LogP contribution in [-0.2, 0) is 4.74 Å². The summed E-state index contributed by atoms with van der Waals surface area (Å²) in [7, 11) is 0. The molecule has 2 aromatic rings. The van der Waals surface area contributed by atoms with Crippen LogP contribution >= 0.6 is 0 Å². The molecule has 0 saturated carbocycles. The Morgan fingerprint density at radius 3 is 2.70 bits per heavy atom. The Morgan fingerprint density at radius 2 is 2.05 bits per heavy atom. The van der Waals surface area contributed by atoms with Gasteiger partial charge in [-0.05, 0) is 43.7 Å². The van der Waals surface area contributed by atoms with Crippen molar-refractivity contribution < 1.29 is 9.53 Å². The minimum atomic E-state index is -0.389. The van der Waals surface area contributed by atoms with E-state index >= 15 is 0 Å². The van der Waals surface area contributed by atoms with Crippen LogP contribution in [0.15, 0.2) is 36.5 Å². The van der Waals surface area contributed by atoms with Crippen LogP contribution in [0, 0.1) is 0 Å². The second-order valence-corrected chi connectivity index (χ2v) is 4.74. The third kappa shape index (κ3) is 3.38. The fraction of sp³-hybridized carbons (Fsp3) is 0.333. The van der Waals surface area contributed by atoms with Gasteiger partial charge < -0.3 is 10.5 Å². The standard InChI is InChI=1S/C15H19N3O2/c1-3-4-11(2)20-15(19)14-9-10-18(17-14)13-7-5-12(16)6-8-13/h5-11H,3-4,16H2,1-2H3. The number of aromatic nitrogens is 2. The van der Waals surface area contributed by atoms with Crippen LogP contribution in [0.5, 0.6) is 0 Å². The number of hydrogen-bond acceptors (Lipinski definition) is 4. The van der Waals surface area contributed by atoms with Crippen LogP contribution in [0.2, 0.25) is 0 Å². The molecule has 0 aliphatic heterocycles. The van der Waals surface area contributed by atoms with E-state index in [2.05, 4.69) is 12.0 Å². The normalized spacial score (nSPS) is 12.1. The molecule has 106 valence electrons. The molecular formula is C15H19N3O2. The lowest BCUT2D eigenvalue weighted by Gasteiger charge is -2.10. The van der Waals surface area contributed by atoms with Crippen molar-refractivity contribution in [1.82, 2.24) is 9.78 Å². The van der Waals surface area contributed by atoms with Crippen LogP contribution < -0.4 is 5.73 Å². The molecule has 0 fully saturated rings. The van der Waals surface area contributed by atoms with E-state index in [0.29, 0.717) is 11.4 Å². The second-order valence-electron chi connectivity index (χ2n) is 4.74. The Hall–Kier alpha value is -2.30. The summed E-state index contributed by atoms with van der Waals surface area (Å²) in [4.78, 5) is 11.9. The van der Waals surface area contributed by atoms with Crippen LogP contribution in [0.1, 0.15) is 37.2 Å². The molecule has 1 heterocycles. The molecule has 0 radical (unpaired) electrons. The molecule has 1 atom stereocenters. The highest BCUT2D eigenvalue weighted by Gasteiger charge is 2.14. The zero-order chi connectivity index (χ0) is 14.5. The lowest BCUT2D eigenvalue weighted by atomic mass is 10.2. The van der Waals surface area contributed by atoms with Crippen molar-refractivity contribution in [2.24, 2.45) is 0 Å². The van der Waals surface area contributed by atoms with E-state index < -0.39 is 0 Å². The van der Waals surface area contributed by atoms with Crippen molar-refractivity contribution in [3.8, 4) is 5.69 Å². The Kier molecular flexibility index (Phi) is 4.40. The largest absolute Gasteiger partial charge is 0.458 e. The van der Waals surface area contributed by atoms with Crippen molar-refractivity contribution in [3.05, 3.63) is 42.2 Å². The highest BCUT2D eigenvalue weighted by molar-refractivity contribution is 5.87. The number of benzene rings is 1. The summed E-state index contributed by atoms with van der Waals surface area (Å²) < 4.78 is 6.94. The van der Waals surface area contributed by atoms with Gasteiger partial charge in [-0.1, -0.05) is 13.3 Å². The van der Waals surface area contributed by atoms with E-state index in [1.807, 2.05) is 19.1 Å². The minimum absolute atomic E-state index is 0.0887. The summed E-state index contributed by atoms with van der Waals surface area (Å²) in [6.45, 7) is 3.94. The summed E-state index contributed by atoms with van der Waals surface area (Å²) in [6, 6.07) is 8.92. The molecule has 2 rings (SSSR count). The number of nitrogens with two attached hydrogens (primary N) is 1. The van der Waals surface area contributed by atoms with Gasteiger partial charge in [0.1, 0.15) is 0 Å². The van der Waals surface area contributed by atoms with Gasteiger partial charge in [-0.15, -0.1) is 0 Å². The highest BCUT2D eigenvalue weighted by Crippen LogP contribution is 2.12. The van der Waals surface area contributed by atoms with Gasteiger partial charge in [0.05, 0.1) is 11.8 Å². The first kappa shape index (κ1) is 14.1. The van der Waals surface area contributed by atoms with Gasteiger partial charge in [0, 0.05) is 11.9 Å². The van der Waals surface area contributed by atoms with Gasteiger partial charge in [-0.2, -0.15) is 5.10 Å². The third-order valence-electron chi connectivity index (χ3n) is 2.96. The van der Waals surface area contributed by atoms with E-state index in [0.717, 1.165) is 18.5 Å². The number of nitrogens with zero attached hydrogens (tertiary/aromatic N) is 2. The van der Waals surface area contributed by atoms with Crippen molar-refractivity contribution >= 4 is 11.7 Å². The summed E-state index contributed by atoms with van der Waals surface area (Å²) in [5, 5.41) is 4.22. The van der Waals surface area contributed by atoms with E-state index in [1.165, 1.54) is 0 Å². The van der Waals surface area contributed by atoms with Gasteiger partial charge in [0.15, 0.2) is 5.69 Å². The first-order valence-corrected chi connectivity index (χ1v) is 6.72. The molecule has 5 nitrogen and oxygen atoms in total. The van der Waals surface area contributed by atoms with E-state index in [-0.39, 0.29) is 12.1 Å². The molecule has 1 unspecified atom stereocenters. The molecule has 0 spiro atoms. The quantitative estimate of drug-likeness (QED) is 0.671. The maximum atomic E-state index is 11.9. The van der Waals surface area contributed by atoms with Gasteiger partial charge in [0.25, 0.3) is 0 Å². The number of anilines is 1. The SMILES string of the molecule is CCCC(C)OC(=O)c1ccn(-c2ccc(N)cc2)n1. The van der Waals surface area contributed by atoms with Gasteiger partial charge in [-0.25, -0.2) is 9.48 Å². The number of ether oxygens (including phenoxy) is 1. The van der Waals surface area contributed by atoms with E-state index in [9.17, 15) is 4.79 Å². The number of esters is 1. The Labute approximate surface area is 118 Å². The van der Waals surface area contributed by atoms with E-state index in [1.54, 1.807) is 29.1 Å². The van der Waals surface area contributed by atoms with Crippen LogP contribution in [0.4, 0.5) is 5.69 Å².